The minimum Gasteiger partial charge on any atom is -0.458 e. The van der Waals surface area contributed by atoms with Crippen LogP contribution >= 0.6 is 11.8 Å². The zero-order valence-electron chi connectivity index (χ0n) is 19.4. The van der Waals surface area contributed by atoms with Crippen molar-refractivity contribution in [2.45, 2.75) is 71.8 Å². The largest absolute Gasteiger partial charge is 0.458 e. The Morgan fingerprint density at radius 1 is 1.03 bits per heavy atom. The zero-order chi connectivity index (χ0) is 23.4. The maximum absolute atomic E-state index is 12.9. The van der Waals surface area contributed by atoms with Gasteiger partial charge < -0.3 is 20.1 Å². The molecule has 7 nitrogen and oxygen atoms in total. The van der Waals surface area contributed by atoms with Crippen LogP contribution in [0.5, 0.6) is 0 Å². The maximum Gasteiger partial charge on any atom is 0.408 e. The zero-order valence-corrected chi connectivity index (χ0v) is 20.2. The quantitative estimate of drug-likeness (QED) is 0.495. The number of thioether (sulfide) groups is 1. The van der Waals surface area contributed by atoms with Crippen LogP contribution in [0.25, 0.3) is 0 Å². The maximum atomic E-state index is 12.9. The molecule has 0 saturated heterocycles. The third-order valence-corrected chi connectivity index (χ3v) is 4.79. The number of hydrogen-bond donors (Lipinski definition) is 2. The van der Waals surface area contributed by atoms with Crippen LogP contribution in [-0.4, -0.2) is 47.7 Å². The predicted molar refractivity (Wildman–Crippen MR) is 124 cm³/mol. The van der Waals surface area contributed by atoms with E-state index in [9.17, 15) is 14.4 Å². The van der Waals surface area contributed by atoms with E-state index >= 15 is 0 Å². The van der Waals surface area contributed by atoms with Crippen molar-refractivity contribution in [3.8, 4) is 0 Å². The van der Waals surface area contributed by atoms with Gasteiger partial charge in [-0.3, -0.25) is 4.79 Å². The van der Waals surface area contributed by atoms with Crippen LogP contribution in [0.3, 0.4) is 0 Å². The third-order valence-electron chi connectivity index (χ3n) is 4.15. The number of carbonyl (C=O) groups is 3. The van der Waals surface area contributed by atoms with Crippen LogP contribution in [0, 0.1) is 5.92 Å². The van der Waals surface area contributed by atoms with Gasteiger partial charge in [-0.05, 0) is 57.1 Å². The second kappa shape index (κ2) is 13.2. The molecule has 2 amide bonds. The summed E-state index contributed by atoms with van der Waals surface area (Å²) in [6.07, 6.45) is 2.10. The molecule has 0 aliphatic carbocycles. The summed E-state index contributed by atoms with van der Waals surface area (Å²) >= 11 is 1.56. The van der Waals surface area contributed by atoms with Crippen molar-refractivity contribution in [2.75, 3.05) is 12.0 Å². The summed E-state index contributed by atoms with van der Waals surface area (Å²) in [6, 6.07) is 7.70. The molecule has 0 spiro atoms. The second-order valence-electron chi connectivity index (χ2n) is 8.76. The van der Waals surface area contributed by atoms with Gasteiger partial charge in [0.05, 0.1) is 0 Å². The van der Waals surface area contributed by atoms with Gasteiger partial charge in [0.1, 0.15) is 24.3 Å². The summed E-state index contributed by atoms with van der Waals surface area (Å²) in [5, 5.41) is 5.39. The Morgan fingerprint density at radius 2 is 1.68 bits per heavy atom. The summed E-state index contributed by atoms with van der Waals surface area (Å²) < 4.78 is 10.7. The van der Waals surface area contributed by atoms with Gasteiger partial charge in [0.25, 0.3) is 0 Å². The van der Waals surface area contributed by atoms with E-state index in [1.54, 1.807) is 32.5 Å². The minimum atomic E-state index is -0.812. The number of benzene rings is 1. The SMILES string of the molecule is CSCC[C@H](NC(=O)OCc1ccccc1)C(=O)N[C@@H](CC(C)C)C(=O)OC(C)(C)C. The van der Waals surface area contributed by atoms with E-state index in [1.165, 1.54) is 0 Å². The van der Waals surface area contributed by atoms with Crippen molar-refractivity contribution in [1.82, 2.24) is 10.6 Å². The number of amides is 2. The van der Waals surface area contributed by atoms with Crippen molar-refractivity contribution >= 4 is 29.7 Å². The molecule has 1 aromatic carbocycles. The highest BCUT2D eigenvalue weighted by Gasteiger charge is 2.30. The van der Waals surface area contributed by atoms with Crippen molar-refractivity contribution in [3.05, 3.63) is 35.9 Å². The number of rotatable bonds is 11. The molecule has 0 aromatic heterocycles. The van der Waals surface area contributed by atoms with Crippen LogP contribution in [0.2, 0.25) is 0 Å². The Kier molecular flexibility index (Phi) is 11.5. The van der Waals surface area contributed by atoms with E-state index in [0.29, 0.717) is 18.6 Å². The van der Waals surface area contributed by atoms with E-state index in [1.807, 2.05) is 50.4 Å². The van der Waals surface area contributed by atoms with Crippen LogP contribution in [-0.2, 0) is 25.7 Å². The molecule has 0 aliphatic rings. The molecular formula is C23H36N2O5S. The van der Waals surface area contributed by atoms with Crippen molar-refractivity contribution in [2.24, 2.45) is 5.92 Å². The summed E-state index contributed by atoms with van der Waals surface area (Å²) in [5.41, 5.74) is 0.194. The Morgan fingerprint density at radius 3 is 2.23 bits per heavy atom. The number of esters is 1. The Hall–Kier alpha value is -2.22. The average molecular weight is 453 g/mol. The molecular weight excluding hydrogens is 416 g/mol. The highest BCUT2D eigenvalue weighted by molar-refractivity contribution is 7.98. The van der Waals surface area contributed by atoms with Crippen LogP contribution in [0.4, 0.5) is 4.79 Å². The Labute approximate surface area is 190 Å². The molecule has 2 atom stereocenters. The molecule has 8 heteroatoms. The molecule has 31 heavy (non-hydrogen) atoms. The van der Waals surface area contributed by atoms with Crippen LogP contribution in [0.1, 0.15) is 53.0 Å². The van der Waals surface area contributed by atoms with Crippen LogP contribution < -0.4 is 10.6 Å². The average Bonchev–Trinajstić information content (AvgIpc) is 2.68. The van der Waals surface area contributed by atoms with Crippen molar-refractivity contribution in [3.63, 3.8) is 0 Å². The molecule has 0 aliphatic heterocycles. The molecule has 0 fully saturated rings. The molecule has 2 N–H and O–H groups in total. The van der Waals surface area contributed by atoms with Gasteiger partial charge in [-0.15, -0.1) is 0 Å². The molecule has 0 unspecified atom stereocenters. The molecule has 1 rings (SSSR count). The van der Waals surface area contributed by atoms with E-state index < -0.39 is 35.7 Å². The van der Waals surface area contributed by atoms with E-state index in [-0.39, 0.29) is 12.5 Å². The smallest absolute Gasteiger partial charge is 0.408 e. The van der Waals surface area contributed by atoms with Gasteiger partial charge in [-0.25, -0.2) is 9.59 Å². The lowest BCUT2D eigenvalue weighted by atomic mass is 10.0. The number of carbonyl (C=O) groups excluding carboxylic acids is 3. The molecule has 0 radical (unpaired) electrons. The van der Waals surface area contributed by atoms with E-state index in [4.69, 9.17) is 9.47 Å². The molecule has 0 heterocycles. The fourth-order valence-electron chi connectivity index (χ4n) is 2.74. The van der Waals surface area contributed by atoms with Crippen molar-refractivity contribution in [1.29, 1.82) is 0 Å². The van der Waals surface area contributed by atoms with Crippen LogP contribution in [0.15, 0.2) is 30.3 Å². The first-order chi connectivity index (χ1) is 14.5. The highest BCUT2D eigenvalue weighted by atomic mass is 32.2. The fourth-order valence-corrected chi connectivity index (χ4v) is 3.21. The van der Waals surface area contributed by atoms with E-state index in [0.717, 1.165) is 5.56 Å². The standard InChI is InChI=1S/C23H36N2O5S/c1-16(2)14-19(21(27)30-23(3,4)5)24-20(26)18(12-13-31-6)25-22(28)29-15-17-10-8-7-9-11-17/h7-11,16,18-19H,12-15H2,1-6H3,(H,24,26)(H,25,28)/t18-,19-/m0/s1. The third kappa shape index (κ3) is 11.7. The van der Waals surface area contributed by atoms with Gasteiger partial charge in [-0.2, -0.15) is 11.8 Å². The van der Waals surface area contributed by atoms with Gasteiger partial charge in [-0.1, -0.05) is 44.2 Å². The molecule has 0 saturated carbocycles. The summed E-state index contributed by atoms with van der Waals surface area (Å²) in [5.74, 6) is -0.0727. The normalized spacial score (nSPS) is 13.3. The van der Waals surface area contributed by atoms with Gasteiger partial charge in [0, 0.05) is 0 Å². The first-order valence-corrected chi connectivity index (χ1v) is 11.9. The van der Waals surface area contributed by atoms with Gasteiger partial charge >= 0.3 is 12.1 Å². The minimum absolute atomic E-state index is 0.109. The summed E-state index contributed by atoms with van der Waals surface area (Å²) in [4.78, 5) is 37.8. The van der Waals surface area contributed by atoms with Crippen molar-refractivity contribution < 1.29 is 23.9 Å². The number of ether oxygens (including phenoxy) is 2. The number of alkyl carbamates (subject to hydrolysis) is 1. The lowest BCUT2D eigenvalue weighted by Crippen LogP contribution is -2.53. The van der Waals surface area contributed by atoms with E-state index in [2.05, 4.69) is 10.6 Å². The first-order valence-electron chi connectivity index (χ1n) is 10.5. The predicted octanol–water partition coefficient (Wildman–Crippen LogP) is 3.91. The number of hydrogen-bond acceptors (Lipinski definition) is 6. The molecule has 174 valence electrons. The second-order valence-corrected chi connectivity index (χ2v) is 9.75. The molecule has 0 bridgehead atoms. The number of nitrogens with one attached hydrogen (secondary N) is 2. The first kappa shape index (κ1) is 26.8. The fraction of sp³-hybridized carbons (Fsp3) is 0.609. The summed E-state index contributed by atoms with van der Waals surface area (Å²) in [7, 11) is 0. The highest BCUT2D eigenvalue weighted by Crippen LogP contribution is 2.13. The Bertz CT molecular complexity index is 704. The lowest BCUT2D eigenvalue weighted by Gasteiger charge is -2.27. The van der Waals surface area contributed by atoms with Gasteiger partial charge in [0.2, 0.25) is 5.91 Å². The molecule has 1 aromatic rings. The topological polar surface area (TPSA) is 93.7 Å². The summed E-state index contributed by atoms with van der Waals surface area (Å²) in [6.45, 7) is 9.39. The Balaban J connectivity index is 2.78. The monoisotopic (exact) mass is 452 g/mol. The lowest BCUT2D eigenvalue weighted by molar-refractivity contribution is -0.159. The van der Waals surface area contributed by atoms with Gasteiger partial charge in [0.15, 0.2) is 0 Å².